The molecule has 1 aliphatic rings. The van der Waals surface area contributed by atoms with E-state index in [1.807, 2.05) is 16.7 Å². The SMILES string of the molecule is CC1SCCN(C(=O)c2cnc(Cl)cn2)C1C. The number of halogens is 1. The number of carbonyl (C=O) groups is 1. The maximum absolute atomic E-state index is 12.2. The van der Waals surface area contributed by atoms with E-state index in [-0.39, 0.29) is 11.9 Å². The molecule has 2 unspecified atom stereocenters. The molecule has 0 saturated carbocycles. The molecule has 0 aliphatic carbocycles. The quantitative estimate of drug-likeness (QED) is 0.785. The lowest BCUT2D eigenvalue weighted by molar-refractivity contribution is 0.0691. The molecule has 1 aromatic heterocycles. The Morgan fingerprint density at radius 2 is 2.24 bits per heavy atom. The van der Waals surface area contributed by atoms with Gasteiger partial charge in [0.05, 0.1) is 12.4 Å². The molecule has 0 radical (unpaired) electrons. The summed E-state index contributed by atoms with van der Waals surface area (Å²) >= 11 is 7.55. The van der Waals surface area contributed by atoms with Crippen LogP contribution in [0.2, 0.25) is 5.15 Å². The predicted molar refractivity (Wildman–Crippen MR) is 69.5 cm³/mol. The lowest BCUT2D eigenvalue weighted by Crippen LogP contribution is -2.48. The van der Waals surface area contributed by atoms with Crippen LogP contribution in [0.4, 0.5) is 0 Å². The Morgan fingerprint density at radius 1 is 1.47 bits per heavy atom. The van der Waals surface area contributed by atoms with Crippen LogP contribution in [0.1, 0.15) is 24.3 Å². The lowest BCUT2D eigenvalue weighted by atomic mass is 10.2. The van der Waals surface area contributed by atoms with E-state index >= 15 is 0 Å². The third-order valence-electron chi connectivity index (χ3n) is 2.98. The number of nitrogens with zero attached hydrogens (tertiary/aromatic N) is 3. The lowest BCUT2D eigenvalue weighted by Gasteiger charge is -2.37. The minimum atomic E-state index is -0.0613. The highest BCUT2D eigenvalue weighted by molar-refractivity contribution is 8.00. The van der Waals surface area contributed by atoms with Gasteiger partial charge in [0.25, 0.3) is 5.91 Å². The van der Waals surface area contributed by atoms with Crippen LogP contribution in [0.15, 0.2) is 12.4 Å². The molecule has 2 heterocycles. The molecular formula is C11H14ClN3OS. The number of rotatable bonds is 1. The van der Waals surface area contributed by atoms with E-state index in [0.717, 1.165) is 12.3 Å². The summed E-state index contributed by atoms with van der Waals surface area (Å²) in [7, 11) is 0. The van der Waals surface area contributed by atoms with E-state index in [2.05, 4.69) is 23.8 Å². The standard InChI is InChI=1S/C11H14ClN3OS/c1-7-8(2)17-4-3-15(7)11(16)9-5-14-10(12)6-13-9/h5-8H,3-4H2,1-2H3. The fraction of sp³-hybridized carbons (Fsp3) is 0.545. The van der Waals surface area contributed by atoms with Crippen molar-refractivity contribution in [3.8, 4) is 0 Å². The topological polar surface area (TPSA) is 46.1 Å². The Bertz CT molecular complexity index is 412. The van der Waals surface area contributed by atoms with Crippen LogP contribution in [-0.2, 0) is 0 Å². The molecule has 0 bridgehead atoms. The van der Waals surface area contributed by atoms with Crippen LogP contribution >= 0.6 is 23.4 Å². The summed E-state index contributed by atoms with van der Waals surface area (Å²) in [4.78, 5) is 22.0. The Kier molecular flexibility index (Phi) is 3.89. The minimum Gasteiger partial charge on any atom is -0.333 e. The summed E-state index contributed by atoms with van der Waals surface area (Å²) in [5.41, 5.74) is 0.361. The smallest absolute Gasteiger partial charge is 0.274 e. The molecule has 2 rings (SSSR count). The average Bonchev–Trinajstić information content (AvgIpc) is 2.33. The molecule has 1 aromatic rings. The van der Waals surface area contributed by atoms with Gasteiger partial charge in [-0.25, -0.2) is 9.97 Å². The van der Waals surface area contributed by atoms with Gasteiger partial charge in [0.2, 0.25) is 0 Å². The third-order valence-corrected chi connectivity index (χ3v) is 4.52. The number of thioether (sulfide) groups is 1. The summed E-state index contributed by atoms with van der Waals surface area (Å²) < 4.78 is 0. The molecule has 1 saturated heterocycles. The van der Waals surface area contributed by atoms with Crippen molar-refractivity contribution in [2.45, 2.75) is 25.1 Å². The van der Waals surface area contributed by atoms with Crippen LogP contribution in [0.25, 0.3) is 0 Å². The highest BCUT2D eigenvalue weighted by Crippen LogP contribution is 2.25. The Balaban J connectivity index is 2.16. The zero-order chi connectivity index (χ0) is 12.4. The monoisotopic (exact) mass is 271 g/mol. The van der Waals surface area contributed by atoms with Crippen LogP contribution in [0.3, 0.4) is 0 Å². The van der Waals surface area contributed by atoms with E-state index in [4.69, 9.17) is 11.6 Å². The second-order valence-electron chi connectivity index (χ2n) is 4.04. The highest BCUT2D eigenvalue weighted by Gasteiger charge is 2.30. The number of hydrogen-bond donors (Lipinski definition) is 0. The number of amides is 1. The van der Waals surface area contributed by atoms with Crippen molar-refractivity contribution in [1.82, 2.24) is 14.9 Å². The Morgan fingerprint density at radius 3 is 2.88 bits per heavy atom. The van der Waals surface area contributed by atoms with Crippen LogP contribution in [0, 0.1) is 0 Å². The van der Waals surface area contributed by atoms with Gasteiger partial charge in [0.1, 0.15) is 10.8 Å². The zero-order valence-corrected chi connectivity index (χ0v) is 11.3. The molecule has 0 spiro atoms. The van der Waals surface area contributed by atoms with Crippen LogP contribution < -0.4 is 0 Å². The first-order valence-electron chi connectivity index (χ1n) is 5.49. The normalized spacial score (nSPS) is 24.8. The van der Waals surface area contributed by atoms with Gasteiger partial charge in [0, 0.05) is 23.6 Å². The van der Waals surface area contributed by atoms with Gasteiger partial charge in [-0.3, -0.25) is 4.79 Å². The molecule has 1 fully saturated rings. The number of carbonyl (C=O) groups excluding carboxylic acids is 1. The van der Waals surface area contributed by atoms with Gasteiger partial charge >= 0.3 is 0 Å². The number of aromatic nitrogens is 2. The molecule has 92 valence electrons. The van der Waals surface area contributed by atoms with Crippen molar-refractivity contribution in [1.29, 1.82) is 0 Å². The third kappa shape index (κ3) is 2.72. The van der Waals surface area contributed by atoms with Gasteiger partial charge in [-0.2, -0.15) is 11.8 Å². The van der Waals surface area contributed by atoms with E-state index < -0.39 is 0 Å². The van der Waals surface area contributed by atoms with Crippen molar-refractivity contribution in [3.05, 3.63) is 23.2 Å². The van der Waals surface area contributed by atoms with Gasteiger partial charge in [-0.05, 0) is 6.92 Å². The molecule has 6 heteroatoms. The molecule has 1 amide bonds. The molecule has 17 heavy (non-hydrogen) atoms. The van der Waals surface area contributed by atoms with Gasteiger partial charge in [-0.1, -0.05) is 18.5 Å². The van der Waals surface area contributed by atoms with E-state index in [1.165, 1.54) is 12.4 Å². The van der Waals surface area contributed by atoms with Gasteiger partial charge in [-0.15, -0.1) is 0 Å². The largest absolute Gasteiger partial charge is 0.333 e. The fourth-order valence-electron chi connectivity index (χ4n) is 1.79. The maximum atomic E-state index is 12.2. The van der Waals surface area contributed by atoms with E-state index in [9.17, 15) is 4.79 Å². The summed E-state index contributed by atoms with van der Waals surface area (Å²) in [6.45, 7) is 4.97. The molecule has 1 aliphatic heterocycles. The summed E-state index contributed by atoms with van der Waals surface area (Å²) in [5.74, 6) is 0.909. The Hall–Kier alpha value is -0.810. The van der Waals surface area contributed by atoms with Crippen molar-refractivity contribution in [2.24, 2.45) is 0 Å². The molecule has 0 N–H and O–H groups in total. The fourth-order valence-corrected chi connectivity index (χ4v) is 2.99. The summed E-state index contributed by atoms with van der Waals surface area (Å²) in [6.07, 6.45) is 2.84. The van der Waals surface area contributed by atoms with Crippen molar-refractivity contribution < 1.29 is 4.79 Å². The van der Waals surface area contributed by atoms with Crippen molar-refractivity contribution in [3.63, 3.8) is 0 Å². The molecule has 2 atom stereocenters. The zero-order valence-electron chi connectivity index (χ0n) is 9.76. The number of hydrogen-bond acceptors (Lipinski definition) is 4. The first-order valence-corrected chi connectivity index (χ1v) is 6.92. The van der Waals surface area contributed by atoms with Gasteiger partial charge in [0.15, 0.2) is 0 Å². The summed E-state index contributed by atoms with van der Waals surface area (Å²) in [5, 5.41) is 0.755. The highest BCUT2D eigenvalue weighted by atomic mass is 35.5. The Labute approximate surface area is 110 Å². The predicted octanol–water partition coefficient (Wildman–Crippen LogP) is 2.10. The second-order valence-corrected chi connectivity index (χ2v) is 5.91. The van der Waals surface area contributed by atoms with Crippen LogP contribution in [0.5, 0.6) is 0 Å². The van der Waals surface area contributed by atoms with Crippen molar-refractivity contribution >= 4 is 29.3 Å². The van der Waals surface area contributed by atoms with E-state index in [1.54, 1.807) is 0 Å². The first-order chi connectivity index (χ1) is 8.09. The molecular weight excluding hydrogens is 258 g/mol. The molecule has 4 nitrogen and oxygen atoms in total. The molecule has 0 aromatic carbocycles. The summed E-state index contributed by atoms with van der Waals surface area (Å²) in [6, 6.07) is 0.221. The minimum absolute atomic E-state index is 0.0613. The van der Waals surface area contributed by atoms with Gasteiger partial charge < -0.3 is 4.90 Å². The maximum Gasteiger partial charge on any atom is 0.274 e. The average molecular weight is 272 g/mol. The van der Waals surface area contributed by atoms with Crippen molar-refractivity contribution in [2.75, 3.05) is 12.3 Å². The van der Waals surface area contributed by atoms with E-state index in [0.29, 0.717) is 16.1 Å². The van der Waals surface area contributed by atoms with Crippen LogP contribution in [-0.4, -0.2) is 44.4 Å². The second kappa shape index (κ2) is 5.23. The first kappa shape index (κ1) is 12.6.